The first-order valence-electron chi connectivity index (χ1n) is 7.24. The Labute approximate surface area is 114 Å². The molecule has 19 heavy (non-hydrogen) atoms. The first-order valence-corrected chi connectivity index (χ1v) is 7.24. The van der Waals surface area contributed by atoms with E-state index in [1.54, 1.807) is 7.11 Å². The third-order valence-corrected chi connectivity index (χ3v) is 4.18. The molecule has 0 saturated heterocycles. The topological polar surface area (TPSA) is 38.7 Å². The van der Waals surface area contributed by atoms with Gasteiger partial charge < -0.3 is 14.6 Å². The predicted octanol–water partition coefficient (Wildman–Crippen LogP) is 3.08. The number of benzene rings is 1. The molecular weight excluding hydrogens is 240 g/mol. The summed E-state index contributed by atoms with van der Waals surface area (Å²) in [5.41, 5.74) is 0.674. The van der Waals surface area contributed by atoms with Crippen LogP contribution < -0.4 is 9.47 Å². The van der Waals surface area contributed by atoms with Gasteiger partial charge in [-0.2, -0.15) is 0 Å². The van der Waals surface area contributed by atoms with Gasteiger partial charge in [-0.1, -0.05) is 6.07 Å². The van der Waals surface area contributed by atoms with Crippen molar-refractivity contribution >= 4 is 0 Å². The Balaban J connectivity index is 1.76. The number of hydrogen-bond acceptors (Lipinski definition) is 3. The fraction of sp³-hybridized carbons (Fsp3) is 0.625. The van der Waals surface area contributed by atoms with Crippen LogP contribution in [-0.4, -0.2) is 23.9 Å². The second kappa shape index (κ2) is 5.04. The summed E-state index contributed by atoms with van der Waals surface area (Å²) in [5.74, 6) is 1.62. The van der Waals surface area contributed by atoms with E-state index in [2.05, 4.69) is 0 Å². The zero-order chi connectivity index (χ0) is 13.3. The largest absolute Gasteiger partial charge is 0.493 e. The lowest BCUT2D eigenvalue weighted by molar-refractivity contribution is 0.150. The van der Waals surface area contributed by atoms with Gasteiger partial charge in [0.1, 0.15) is 0 Å². The van der Waals surface area contributed by atoms with Crippen molar-refractivity contribution in [3.8, 4) is 11.5 Å². The molecule has 0 heterocycles. The summed E-state index contributed by atoms with van der Waals surface area (Å²) in [7, 11) is 1.67. The van der Waals surface area contributed by atoms with E-state index in [4.69, 9.17) is 9.47 Å². The minimum Gasteiger partial charge on any atom is -0.493 e. The highest BCUT2D eigenvalue weighted by atomic mass is 16.5. The molecule has 2 saturated carbocycles. The molecule has 0 unspecified atom stereocenters. The summed E-state index contributed by atoms with van der Waals surface area (Å²) < 4.78 is 11.4. The first kappa shape index (κ1) is 12.8. The molecule has 0 atom stereocenters. The first-order chi connectivity index (χ1) is 9.18. The number of hydrogen-bond donors (Lipinski definition) is 1. The van der Waals surface area contributed by atoms with E-state index in [9.17, 15) is 5.11 Å². The van der Waals surface area contributed by atoms with Crippen molar-refractivity contribution in [1.29, 1.82) is 0 Å². The van der Waals surface area contributed by atoms with Crippen molar-refractivity contribution < 1.29 is 14.6 Å². The third kappa shape index (κ3) is 3.03. The van der Waals surface area contributed by atoms with Crippen LogP contribution in [0.3, 0.4) is 0 Å². The van der Waals surface area contributed by atoms with Crippen molar-refractivity contribution in [2.45, 2.75) is 56.7 Å². The fourth-order valence-corrected chi connectivity index (χ4v) is 2.81. The fourth-order valence-electron chi connectivity index (χ4n) is 2.81. The van der Waals surface area contributed by atoms with Gasteiger partial charge in [0.25, 0.3) is 0 Å². The Hall–Kier alpha value is -1.22. The van der Waals surface area contributed by atoms with Gasteiger partial charge in [-0.3, -0.25) is 0 Å². The van der Waals surface area contributed by atoms with Crippen LogP contribution in [-0.2, 0) is 6.42 Å². The second-order valence-electron chi connectivity index (χ2n) is 5.91. The Bertz CT molecular complexity index is 445. The average molecular weight is 262 g/mol. The smallest absolute Gasteiger partial charge is 0.161 e. The Morgan fingerprint density at radius 1 is 1.21 bits per heavy atom. The molecule has 0 bridgehead atoms. The van der Waals surface area contributed by atoms with Crippen LogP contribution in [0.4, 0.5) is 0 Å². The predicted molar refractivity (Wildman–Crippen MR) is 73.8 cm³/mol. The van der Waals surface area contributed by atoms with Gasteiger partial charge in [0.15, 0.2) is 11.5 Å². The van der Waals surface area contributed by atoms with Crippen molar-refractivity contribution in [3.05, 3.63) is 23.8 Å². The van der Waals surface area contributed by atoms with Crippen LogP contribution in [0, 0.1) is 0 Å². The highest BCUT2D eigenvalue weighted by Crippen LogP contribution is 2.40. The molecule has 0 amide bonds. The molecule has 0 aliphatic heterocycles. The van der Waals surface area contributed by atoms with Crippen molar-refractivity contribution in [2.24, 2.45) is 0 Å². The van der Waals surface area contributed by atoms with Gasteiger partial charge in [-0.25, -0.2) is 0 Å². The van der Waals surface area contributed by atoms with Crippen molar-refractivity contribution in [2.75, 3.05) is 7.11 Å². The molecule has 2 fully saturated rings. The number of methoxy groups -OCH3 is 1. The van der Waals surface area contributed by atoms with E-state index in [0.29, 0.717) is 6.10 Å². The Morgan fingerprint density at radius 2 is 1.95 bits per heavy atom. The molecular formula is C16H22O3. The van der Waals surface area contributed by atoms with Crippen LogP contribution >= 0.6 is 0 Å². The van der Waals surface area contributed by atoms with E-state index in [1.807, 2.05) is 18.2 Å². The van der Waals surface area contributed by atoms with E-state index in [1.165, 1.54) is 12.8 Å². The molecule has 1 aromatic rings. The van der Waals surface area contributed by atoms with Crippen LogP contribution in [0.1, 0.15) is 44.1 Å². The highest BCUT2D eigenvalue weighted by molar-refractivity contribution is 5.43. The third-order valence-electron chi connectivity index (χ3n) is 4.18. The van der Waals surface area contributed by atoms with Crippen molar-refractivity contribution in [3.63, 3.8) is 0 Å². The molecule has 3 heteroatoms. The standard InChI is InChI=1S/C16H22O3/c1-18-14-7-6-12(11-16(17)8-9-16)10-15(14)19-13-4-2-3-5-13/h6-7,10,13,17H,2-5,8-9,11H2,1H3. The van der Waals surface area contributed by atoms with Gasteiger partial charge in [-0.15, -0.1) is 0 Å². The minimum absolute atomic E-state index is 0.327. The van der Waals surface area contributed by atoms with Crippen molar-refractivity contribution in [1.82, 2.24) is 0 Å². The molecule has 1 N–H and O–H groups in total. The van der Waals surface area contributed by atoms with E-state index >= 15 is 0 Å². The monoisotopic (exact) mass is 262 g/mol. The molecule has 0 aromatic heterocycles. The number of aliphatic hydroxyl groups is 1. The van der Waals surface area contributed by atoms with Gasteiger partial charge in [0, 0.05) is 6.42 Å². The maximum Gasteiger partial charge on any atom is 0.161 e. The summed E-state index contributed by atoms with van der Waals surface area (Å²) in [6, 6.07) is 6.01. The SMILES string of the molecule is COc1ccc(CC2(O)CC2)cc1OC1CCCC1. The molecule has 3 rings (SSSR count). The normalized spacial score (nSPS) is 21.4. The molecule has 1 aromatic carbocycles. The lowest BCUT2D eigenvalue weighted by Gasteiger charge is -2.17. The van der Waals surface area contributed by atoms with E-state index in [-0.39, 0.29) is 0 Å². The summed E-state index contributed by atoms with van der Waals surface area (Å²) in [6.45, 7) is 0. The van der Waals surface area contributed by atoms with Crippen LogP contribution in [0.15, 0.2) is 18.2 Å². The molecule has 104 valence electrons. The maximum absolute atomic E-state index is 10.0. The van der Waals surface area contributed by atoms with Crippen LogP contribution in [0.25, 0.3) is 0 Å². The average Bonchev–Trinajstić information content (AvgIpc) is 2.91. The number of ether oxygens (including phenoxy) is 2. The summed E-state index contributed by atoms with van der Waals surface area (Å²) >= 11 is 0. The van der Waals surface area contributed by atoms with Gasteiger partial charge in [0.2, 0.25) is 0 Å². The molecule has 0 radical (unpaired) electrons. The van der Waals surface area contributed by atoms with E-state index < -0.39 is 5.60 Å². The molecule has 2 aliphatic rings. The van der Waals surface area contributed by atoms with Crippen LogP contribution in [0.5, 0.6) is 11.5 Å². The quantitative estimate of drug-likeness (QED) is 0.886. The summed E-state index contributed by atoms with van der Waals surface area (Å²) in [6.07, 6.45) is 7.66. The minimum atomic E-state index is -0.459. The zero-order valence-corrected chi connectivity index (χ0v) is 11.5. The van der Waals surface area contributed by atoms with Gasteiger partial charge in [0.05, 0.1) is 18.8 Å². The van der Waals surface area contributed by atoms with E-state index in [0.717, 1.165) is 49.2 Å². The second-order valence-corrected chi connectivity index (χ2v) is 5.91. The number of rotatable bonds is 5. The Morgan fingerprint density at radius 3 is 2.58 bits per heavy atom. The molecule has 0 spiro atoms. The zero-order valence-electron chi connectivity index (χ0n) is 11.5. The lowest BCUT2D eigenvalue weighted by atomic mass is 10.1. The highest BCUT2D eigenvalue weighted by Gasteiger charge is 2.40. The maximum atomic E-state index is 10.0. The van der Waals surface area contributed by atoms with Gasteiger partial charge >= 0.3 is 0 Å². The lowest BCUT2D eigenvalue weighted by Crippen LogP contribution is -2.13. The molecule has 3 nitrogen and oxygen atoms in total. The Kier molecular flexibility index (Phi) is 3.40. The molecule has 2 aliphatic carbocycles. The van der Waals surface area contributed by atoms with Gasteiger partial charge in [-0.05, 0) is 56.2 Å². The summed E-state index contributed by atoms with van der Waals surface area (Å²) in [5, 5.41) is 10.0. The van der Waals surface area contributed by atoms with Crippen LogP contribution in [0.2, 0.25) is 0 Å². The summed E-state index contributed by atoms with van der Waals surface area (Å²) in [4.78, 5) is 0.